The van der Waals surface area contributed by atoms with E-state index in [1.54, 1.807) is 12.1 Å². The number of nitrogens with one attached hydrogen (secondary N) is 1. The van der Waals surface area contributed by atoms with E-state index in [9.17, 15) is 9.59 Å². The predicted octanol–water partition coefficient (Wildman–Crippen LogP) is 2.44. The standard InChI is InChI=1S/C17H19N3O2S/c18-9-10-5-1-2-6-11(10)16(22)20-17-14(15(19)21)12-7-3-4-8-13(12)23-17/h1-2,5-6H,3-4,7-9,18H2,(H2,19,21)(H,20,22). The maximum atomic E-state index is 12.6. The third kappa shape index (κ3) is 3.00. The maximum Gasteiger partial charge on any atom is 0.256 e. The van der Waals surface area contributed by atoms with Crippen LogP contribution in [0.25, 0.3) is 0 Å². The second-order valence-electron chi connectivity index (χ2n) is 5.59. The van der Waals surface area contributed by atoms with Gasteiger partial charge in [0.05, 0.1) is 5.56 Å². The summed E-state index contributed by atoms with van der Waals surface area (Å²) in [6, 6.07) is 7.19. The number of rotatable bonds is 4. The van der Waals surface area contributed by atoms with Crippen molar-refractivity contribution < 1.29 is 9.59 Å². The minimum Gasteiger partial charge on any atom is -0.365 e. The topological polar surface area (TPSA) is 98.2 Å². The SMILES string of the molecule is NCc1ccccc1C(=O)Nc1sc2c(c1C(N)=O)CCCC2. The summed E-state index contributed by atoms with van der Waals surface area (Å²) in [5, 5.41) is 3.42. The second kappa shape index (κ2) is 6.52. The summed E-state index contributed by atoms with van der Waals surface area (Å²) in [7, 11) is 0. The molecule has 5 nitrogen and oxygen atoms in total. The lowest BCUT2D eigenvalue weighted by molar-refractivity contribution is 0.100. The number of nitrogens with two attached hydrogens (primary N) is 2. The van der Waals surface area contributed by atoms with Gasteiger partial charge in [-0.3, -0.25) is 9.59 Å². The van der Waals surface area contributed by atoms with E-state index in [1.807, 2.05) is 12.1 Å². The maximum absolute atomic E-state index is 12.6. The molecule has 5 N–H and O–H groups in total. The lowest BCUT2D eigenvalue weighted by Crippen LogP contribution is -2.19. The Morgan fingerprint density at radius 2 is 1.91 bits per heavy atom. The number of primary amides is 1. The normalized spacial score (nSPS) is 13.4. The second-order valence-corrected chi connectivity index (χ2v) is 6.70. The van der Waals surface area contributed by atoms with Gasteiger partial charge in [0.25, 0.3) is 11.8 Å². The van der Waals surface area contributed by atoms with E-state index >= 15 is 0 Å². The van der Waals surface area contributed by atoms with Crippen molar-refractivity contribution in [3.8, 4) is 0 Å². The van der Waals surface area contributed by atoms with Crippen LogP contribution in [0.1, 0.15) is 49.6 Å². The Balaban J connectivity index is 1.95. The van der Waals surface area contributed by atoms with Crippen LogP contribution in [-0.2, 0) is 19.4 Å². The minimum atomic E-state index is -0.480. The number of carbonyl (C=O) groups excluding carboxylic acids is 2. The van der Waals surface area contributed by atoms with Crippen molar-refractivity contribution in [1.29, 1.82) is 0 Å². The summed E-state index contributed by atoms with van der Waals surface area (Å²) in [5.74, 6) is -0.737. The number of amides is 2. The third-order valence-electron chi connectivity index (χ3n) is 4.13. The van der Waals surface area contributed by atoms with Crippen LogP contribution in [0.4, 0.5) is 5.00 Å². The van der Waals surface area contributed by atoms with Gasteiger partial charge in [-0.05, 0) is 42.9 Å². The first kappa shape index (κ1) is 15.7. The lowest BCUT2D eigenvalue weighted by atomic mass is 9.95. The van der Waals surface area contributed by atoms with Gasteiger partial charge < -0.3 is 16.8 Å². The highest BCUT2D eigenvalue weighted by atomic mass is 32.1. The van der Waals surface area contributed by atoms with E-state index in [1.165, 1.54) is 11.3 Å². The van der Waals surface area contributed by atoms with Crippen molar-refractivity contribution in [2.75, 3.05) is 5.32 Å². The quantitative estimate of drug-likeness (QED) is 0.803. The van der Waals surface area contributed by atoms with E-state index in [-0.39, 0.29) is 12.5 Å². The summed E-state index contributed by atoms with van der Waals surface area (Å²) < 4.78 is 0. The van der Waals surface area contributed by atoms with Crippen molar-refractivity contribution >= 4 is 28.2 Å². The van der Waals surface area contributed by atoms with Crippen LogP contribution in [-0.4, -0.2) is 11.8 Å². The average Bonchev–Trinajstić information content (AvgIpc) is 2.92. The molecule has 1 aliphatic carbocycles. The molecular formula is C17H19N3O2S. The zero-order valence-corrected chi connectivity index (χ0v) is 13.5. The molecule has 0 aliphatic heterocycles. The summed E-state index contributed by atoms with van der Waals surface area (Å²) in [4.78, 5) is 25.6. The highest BCUT2D eigenvalue weighted by Gasteiger charge is 2.25. The smallest absolute Gasteiger partial charge is 0.256 e. The van der Waals surface area contributed by atoms with Crippen LogP contribution in [0.15, 0.2) is 24.3 Å². The Labute approximate surface area is 138 Å². The number of benzene rings is 1. The number of hydrogen-bond donors (Lipinski definition) is 3. The molecule has 0 fully saturated rings. The van der Waals surface area contributed by atoms with Crippen LogP contribution < -0.4 is 16.8 Å². The molecule has 1 aromatic heterocycles. The van der Waals surface area contributed by atoms with E-state index in [0.29, 0.717) is 16.1 Å². The van der Waals surface area contributed by atoms with Gasteiger partial charge in [0.15, 0.2) is 0 Å². The van der Waals surface area contributed by atoms with Crippen molar-refractivity contribution in [1.82, 2.24) is 0 Å². The molecule has 1 aliphatic rings. The molecule has 23 heavy (non-hydrogen) atoms. The zero-order chi connectivity index (χ0) is 16.4. The summed E-state index contributed by atoms with van der Waals surface area (Å²) in [6.07, 6.45) is 3.94. The molecule has 0 unspecified atom stereocenters. The van der Waals surface area contributed by atoms with E-state index in [2.05, 4.69) is 5.32 Å². The fraction of sp³-hybridized carbons (Fsp3) is 0.294. The molecule has 3 rings (SSSR count). The molecule has 2 aromatic rings. The van der Waals surface area contributed by atoms with Gasteiger partial charge in [-0.1, -0.05) is 18.2 Å². The molecule has 1 aromatic carbocycles. The predicted molar refractivity (Wildman–Crippen MR) is 91.8 cm³/mol. The number of aryl methyl sites for hydroxylation is 1. The van der Waals surface area contributed by atoms with Crippen LogP contribution in [0.2, 0.25) is 0 Å². The molecular weight excluding hydrogens is 310 g/mol. The van der Waals surface area contributed by atoms with Crippen LogP contribution in [0.5, 0.6) is 0 Å². The average molecular weight is 329 g/mol. The minimum absolute atomic E-state index is 0.257. The molecule has 0 saturated carbocycles. The Bertz CT molecular complexity index is 767. The van der Waals surface area contributed by atoms with Crippen molar-refractivity contribution in [3.63, 3.8) is 0 Å². The van der Waals surface area contributed by atoms with E-state index in [0.717, 1.165) is 41.7 Å². The highest BCUT2D eigenvalue weighted by Crippen LogP contribution is 2.38. The van der Waals surface area contributed by atoms with E-state index in [4.69, 9.17) is 11.5 Å². The number of anilines is 1. The number of thiophene rings is 1. The molecule has 0 radical (unpaired) electrons. The lowest BCUT2D eigenvalue weighted by Gasteiger charge is -2.11. The molecule has 0 atom stereocenters. The number of fused-ring (bicyclic) bond motifs is 1. The Hall–Kier alpha value is -2.18. The number of hydrogen-bond acceptors (Lipinski definition) is 4. The summed E-state index contributed by atoms with van der Waals surface area (Å²) in [6.45, 7) is 0.285. The van der Waals surface area contributed by atoms with Gasteiger partial charge in [0.2, 0.25) is 0 Å². The van der Waals surface area contributed by atoms with Crippen LogP contribution >= 0.6 is 11.3 Å². The zero-order valence-electron chi connectivity index (χ0n) is 12.7. The molecule has 6 heteroatoms. The molecule has 120 valence electrons. The Morgan fingerprint density at radius 3 is 2.65 bits per heavy atom. The largest absolute Gasteiger partial charge is 0.365 e. The molecule has 2 amide bonds. The Kier molecular flexibility index (Phi) is 4.45. The monoisotopic (exact) mass is 329 g/mol. The molecule has 1 heterocycles. The fourth-order valence-corrected chi connectivity index (χ4v) is 4.29. The van der Waals surface area contributed by atoms with Crippen LogP contribution in [0.3, 0.4) is 0 Å². The summed E-state index contributed by atoms with van der Waals surface area (Å²) >= 11 is 1.46. The van der Waals surface area contributed by atoms with Gasteiger partial charge >= 0.3 is 0 Å². The third-order valence-corrected chi connectivity index (χ3v) is 5.33. The van der Waals surface area contributed by atoms with Gasteiger partial charge in [-0.15, -0.1) is 11.3 Å². The van der Waals surface area contributed by atoms with Crippen LogP contribution in [0, 0.1) is 0 Å². The Morgan fingerprint density at radius 1 is 1.17 bits per heavy atom. The van der Waals surface area contributed by atoms with Gasteiger partial charge in [-0.25, -0.2) is 0 Å². The van der Waals surface area contributed by atoms with Crippen molar-refractivity contribution in [2.24, 2.45) is 11.5 Å². The molecule has 0 saturated heterocycles. The van der Waals surface area contributed by atoms with Crippen molar-refractivity contribution in [3.05, 3.63) is 51.4 Å². The van der Waals surface area contributed by atoms with Gasteiger partial charge in [0.1, 0.15) is 5.00 Å². The molecule has 0 bridgehead atoms. The van der Waals surface area contributed by atoms with Gasteiger partial charge in [-0.2, -0.15) is 0 Å². The van der Waals surface area contributed by atoms with Crippen molar-refractivity contribution in [2.45, 2.75) is 32.2 Å². The van der Waals surface area contributed by atoms with Gasteiger partial charge in [0, 0.05) is 17.0 Å². The summed E-state index contributed by atoms with van der Waals surface area (Å²) in [5.41, 5.74) is 14.0. The van der Waals surface area contributed by atoms with E-state index < -0.39 is 5.91 Å². The molecule has 0 spiro atoms. The first-order valence-corrected chi connectivity index (χ1v) is 8.47. The first-order valence-electron chi connectivity index (χ1n) is 7.65. The fourth-order valence-electron chi connectivity index (χ4n) is 3.00. The first-order chi connectivity index (χ1) is 11.1. The number of carbonyl (C=O) groups is 2. The highest BCUT2D eigenvalue weighted by molar-refractivity contribution is 7.17.